The lowest BCUT2D eigenvalue weighted by atomic mass is 10.00. The Bertz CT molecular complexity index is 592. The quantitative estimate of drug-likeness (QED) is 0.551. The molecule has 114 valence electrons. The van der Waals surface area contributed by atoms with Crippen LogP contribution in [0.15, 0.2) is 22.7 Å². The number of carboxylic acid groups (broad SMARTS) is 1. The third-order valence-corrected chi connectivity index (χ3v) is 3.64. The molecule has 1 rings (SSSR count). The summed E-state index contributed by atoms with van der Waals surface area (Å²) < 4.78 is 0.280. The monoisotopic (exact) mass is 359 g/mol. The van der Waals surface area contributed by atoms with Gasteiger partial charge in [-0.3, -0.25) is 10.1 Å². The molecule has 1 atom stereocenters. The van der Waals surface area contributed by atoms with Gasteiger partial charge in [0.2, 0.25) is 0 Å². The summed E-state index contributed by atoms with van der Waals surface area (Å²) in [5.41, 5.74) is -1.43. The van der Waals surface area contributed by atoms with Crippen molar-refractivity contribution in [2.24, 2.45) is 0 Å². The summed E-state index contributed by atoms with van der Waals surface area (Å²) in [6.07, 6.45) is 0.191. The Balaban J connectivity index is 2.87. The van der Waals surface area contributed by atoms with Crippen LogP contribution in [0.1, 0.15) is 20.3 Å². The Morgan fingerprint density at radius 1 is 1.48 bits per heavy atom. The number of benzene rings is 1. The zero-order valence-electron chi connectivity index (χ0n) is 11.3. The number of rotatable bonds is 5. The standard InChI is InChI=1S/C12H14BrN3O5/c1-3-12(2,10(17)18)15-11(19)14-7-4-5-8(13)9(6-7)16(20)21/h4-6H,3H2,1-2H3,(H,17,18)(H2,14,15,19). The number of hydrogen-bond acceptors (Lipinski definition) is 4. The molecule has 0 radical (unpaired) electrons. The van der Waals surface area contributed by atoms with Crippen molar-refractivity contribution in [3.63, 3.8) is 0 Å². The molecule has 0 fully saturated rings. The Hall–Kier alpha value is -2.16. The number of nitro benzene ring substituents is 1. The zero-order valence-corrected chi connectivity index (χ0v) is 12.9. The van der Waals surface area contributed by atoms with Crippen molar-refractivity contribution in [1.29, 1.82) is 0 Å². The fourth-order valence-corrected chi connectivity index (χ4v) is 1.83. The molecule has 1 aromatic carbocycles. The number of carbonyl (C=O) groups excluding carboxylic acids is 1. The van der Waals surface area contributed by atoms with Gasteiger partial charge in [-0.05, 0) is 41.4 Å². The molecule has 0 heterocycles. The maximum atomic E-state index is 11.8. The first kappa shape index (κ1) is 16.9. The fourth-order valence-electron chi connectivity index (χ4n) is 1.44. The number of amides is 2. The second-order valence-corrected chi connectivity index (χ2v) is 5.35. The van der Waals surface area contributed by atoms with Crippen LogP contribution in [0.3, 0.4) is 0 Å². The molecule has 0 spiro atoms. The lowest BCUT2D eigenvalue weighted by Gasteiger charge is -2.24. The minimum atomic E-state index is -1.41. The van der Waals surface area contributed by atoms with Gasteiger partial charge in [-0.15, -0.1) is 0 Å². The highest BCUT2D eigenvalue weighted by Gasteiger charge is 2.32. The number of halogens is 1. The molecule has 8 nitrogen and oxygen atoms in total. The molecular weight excluding hydrogens is 346 g/mol. The Kier molecular flexibility index (Phi) is 5.25. The minimum Gasteiger partial charge on any atom is -0.480 e. The van der Waals surface area contributed by atoms with Gasteiger partial charge in [0, 0.05) is 11.8 Å². The van der Waals surface area contributed by atoms with Crippen molar-refractivity contribution in [3.8, 4) is 0 Å². The first-order valence-electron chi connectivity index (χ1n) is 5.96. The van der Waals surface area contributed by atoms with E-state index in [4.69, 9.17) is 5.11 Å². The number of hydrogen-bond donors (Lipinski definition) is 3. The van der Waals surface area contributed by atoms with Crippen LogP contribution in [0.25, 0.3) is 0 Å². The highest BCUT2D eigenvalue weighted by molar-refractivity contribution is 9.10. The van der Waals surface area contributed by atoms with Crippen LogP contribution >= 0.6 is 15.9 Å². The number of carboxylic acids is 1. The summed E-state index contributed by atoms with van der Waals surface area (Å²) in [6, 6.07) is 3.30. The summed E-state index contributed by atoms with van der Waals surface area (Å²) in [5, 5.41) is 24.6. The number of nitrogens with zero attached hydrogens (tertiary/aromatic N) is 1. The number of carbonyl (C=O) groups is 2. The van der Waals surface area contributed by atoms with E-state index in [2.05, 4.69) is 26.6 Å². The van der Waals surface area contributed by atoms with E-state index in [0.29, 0.717) is 0 Å². The summed E-state index contributed by atoms with van der Waals surface area (Å²) in [6.45, 7) is 3.00. The minimum absolute atomic E-state index is 0.186. The Labute approximate surface area is 128 Å². The van der Waals surface area contributed by atoms with Crippen LogP contribution in [0.4, 0.5) is 16.2 Å². The van der Waals surface area contributed by atoms with E-state index in [9.17, 15) is 19.7 Å². The first-order valence-corrected chi connectivity index (χ1v) is 6.75. The smallest absolute Gasteiger partial charge is 0.329 e. The van der Waals surface area contributed by atoms with Gasteiger partial charge in [-0.1, -0.05) is 6.92 Å². The maximum absolute atomic E-state index is 11.8. The molecule has 0 aromatic heterocycles. The van der Waals surface area contributed by atoms with Gasteiger partial charge >= 0.3 is 12.0 Å². The van der Waals surface area contributed by atoms with Gasteiger partial charge < -0.3 is 15.7 Å². The molecule has 0 bridgehead atoms. The van der Waals surface area contributed by atoms with Crippen LogP contribution in [0.2, 0.25) is 0 Å². The molecular formula is C12H14BrN3O5. The normalized spacial score (nSPS) is 13.1. The lowest BCUT2D eigenvalue weighted by Crippen LogP contribution is -2.53. The van der Waals surface area contributed by atoms with Crippen molar-refractivity contribution in [2.75, 3.05) is 5.32 Å². The molecule has 0 aliphatic heterocycles. The summed E-state index contributed by atoms with van der Waals surface area (Å²) in [4.78, 5) is 33.1. The van der Waals surface area contributed by atoms with Crippen LogP contribution in [0.5, 0.6) is 0 Å². The molecule has 3 N–H and O–H groups in total. The predicted molar refractivity (Wildman–Crippen MR) is 79.3 cm³/mol. The van der Waals surface area contributed by atoms with E-state index in [1.54, 1.807) is 6.92 Å². The van der Waals surface area contributed by atoms with Gasteiger partial charge in [0.15, 0.2) is 0 Å². The summed E-state index contributed by atoms with van der Waals surface area (Å²) in [7, 11) is 0. The van der Waals surface area contributed by atoms with E-state index in [-0.39, 0.29) is 22.3 Å². The Morgan fingerprint density at radius 3 is 2.57 bits per heavy atom. The number of nitro groups is 1. The number of urea groups is 1. The summed E-state index contributed by atoms with van der Waals surface area (Å²) in [5.74, 6) is -1.16. The van der Waals surface area contributed by atoms with Crippen LogP contribution in [-0.2, 0) is 4.79 Å². The number of anilines is 1. The lowest BCUT2D eigenvalue weighted by molar-refractivity contribution is -0.385. The van der Waals surface area contributed by atoms with E-state index < -0.39 is 22.5 Å². The summed E-state index contributed by atoms with van der Waals surface area (Å²) >= 11 is 3.03. The van der Waals surface area contributed by atoms with Crippen molar-refractivity contribution in [3.05, 3.63) is 32.8 Å². The van der Waals surface area contributed by atoms with E-state index in [1.807, 2.05) is 0 Å². The molecule has 2 amide bonds. The van der Waals surface area contributed by atoms with Gasteiger partial charge in [0.1, 0.15) is 5.54 Å². The van der Waals surface area contributed by atoms with Crippen molar-refractivity contribution in [1.82, 2.24) is 5.32 Å². The van der Waals surface area contributed by atoms with Crippen LogP contribution < -0.4 is 10.6 Å². The molecule has 1 unspecified atom stereocenters. The molecule has 0 aliphatic rings. The van der Waals surface area contributed by atoms with E-state index in [0.717, 1.165) is 0 Å². The van der Waals surface area contributed by atoms with Gasteiger partial charge in [-0.25, -0.2) is 9.59 Å². The molecule has 9 heteroatoms. The maximum Gasteiger partial charge on any atom is 0.329 e. The van der Waals surface area contributed by atoms with Gasteiger partial charge in [0.05, 0.1) is 9.40 Å². The molecule has 21 heavy (non-hydrogen) atoms. The number of nitrogens with one attached hydrogen (secondary N) is 2. The highest BCUT2D eigenvalue weighted by atomic mass is 79.9. The van der Waals surface area contributed by atoms with E-state index >= 15 is 0 Å². The third-order valence-electron chi connectivity index (χ3n) is 2.97. The average Bonchev–Trinajstić information content (AvgIpc) is 2.40. The first-order chi connectivity index (χ1) is 9.69. The van der Waals surface area contributed by atoms with Crippen molar-refractivity contribution < 1.29 is 19.6 Å². The zero-order chi connectivity index (χ0) is 16.2. The number of aliphatic carboxylic acids is 1. The average molecular weight is 360 g/mol. The molecule has 0 aliphatic carbocycles. The van der Waals surface area contributed by atoms with Crippen molar-refractivity contribution in [2.45, 2.75) is 25.8 Å². The van der Waals surface area contributed by atoms with Crippen LogP contribution in [-0.4, -0.2) is 27.6 Å². The predicted octanol–water partition coefficient (Wildman–Crippen LogP) is 2.73. The second kappa shape index (κ2) is 6.53. The highest BCUT2D eigenvalue weighted by Crippen LogP contribution is 2.27. The fraction of sp³-hybridized carbons (Fsp3) is 0.333. The molecule has 0 saturated carbocycles. The molecule has 0 saturated heterocycles. The van der Waals surface area contributed by atoms with Crippen molar-refractivity contribution >= 4 is 39.3 Å². The van der Waals surface area contributed by atoms with Gasteiger partial charge in [0.25, 0.3) is 5.69 Å². The largest absolute Gasteiger partial charge is 0.480 e. The van der Waals surface area contributed by atoms with Crippen LogP contribution in [0, 0.1) is 10.1 Å². The van der Waals surface area contributed by atoms with E-state index in [1.165, 1.54) is 25.1 Å². The SMILES string of the molecule is CCC(C)(NC(=O)Nc1ccc(Br)c([N+](=O)[O-])c1)C(=O)O. The van der Waals surface area contributed by atoms with Gasteiger partial charge in [-0.2, -0.15) is 0 Å². The third kappa shape index (κ3) is 4.15. The Morgan fingerprint density at radius 2 is 2.10 bits per heavy atom. The second-order valence-electron chi connectivity index (χ2n) is 4.49. The molecule has 1 aromatic rings. The topological polar surface area (TPSA) is 122 Å².